The molecule has 0 saturated carbocycles. The Kier molecular flexibility index (Phi) is 2.55. The lowest BCUT2D eigenvalue weighted by Gasteiger charge is -2.42. The van der Waals surface area contributed by atoms with Crippen molar-refractivity contribution in [3.8, 4) is 0 Å². The lowest BCUT2D eigenvalue weighted by molar-refractivity contribution is -0.0421. The lowest BCUT2D eigenvalue weighted by atomic mass is 10.0. The van der Waals surface area contributed by atoms with Gasteiger partial charge in [0.15, 0.2) is 0 Å². The number of morpholine rings is 1. The molecule has 1 fully saturated rings. The van der Waals surface area contributed by atoms with Gasteiger partial charge in [0, 0.05) is 19.6 Å². The standard InChI is InChI=1S/C9H19NO.H2/c1-8-7-11-6-5-10(8)9(2,3)4;/h8H,5-7H2,1-4H3;1H/t8-;/m1./s1/i;1+1. The van der Waals surface area contributed by atoms with Crippen LogP contribution in [0.3, 0.4) is 0 Å². The Balaban J connectivity index is 0.00000121. The van der Waals surface area contributed by atoms with E-state index in [4.69, 9.17) is 4.74 Å². The summed E-state index contributed by atoms with van der Waals surface area (Å²) < 4.78 is 5.37. The molecule has 0 aromatic carbocycles. The zero-order valence-electron chi connectivity index (χ0n) is 8.05. The summed E-state index contributed by atoms with van der Waals surface area (Å²) in [4.78, 5) is 2.50. The van der Waals surface area contributed by atoms with Crippen LogP contribution in [-0.2, 0) is 4.74 Å². The molecule has 68 valence electrons. The number of hydrogen-bond donors (Lipinski definition) is 0. The van der Waals surface area contributed by atoms with Crippen LogP contribution < -0.4 is 0 Å². The van der Waals surface area contributed by atoms with Gasteiger partial charge in [-0.3, -0.25) is 4.90 Å². The summed E-state index contributed by atoms with van der Waals surface area (Å²) in [5, 5.41) is 0. The summed E-state index contributed by atoms with van der Waals surface area (Å²) in [5.74, 6) is 0. The highest BCUT2D eigenvalue weighted by Crippen LogP contribution is 2.18. The number of hydrogen-bond acceptors (Lipinski definition) is 2. The summed E-state index contributed by atoms with van der Waals surface area (Å²) >= 11 is 0. The molecule has 2 nitrogen and oxygen atoms in total. The van der Waals surface area contributed by atoms with Gasteiger partial charge in [-0.25, -0.2) is 0 Å². The molecule has 0 spiro atoms. The largest absolute Gasteiger partial charge is 0.379 e. The first kappa shape index (κ1) is 9.01. The molecule has 0 bridgehead atoms. The van der Waals surface area contributed by atoms with Crippen molar-refractivity contribution in [2.24, 2.45) is 0 Å². The molecule has 1 aliphatic rings. The van der Waals surface area contributed by atoms with Crippen LogP contribution >= 0.6 is 0 Å². The molecule has 0 radical (unpaired) electrons. The normalized spacial score (nSPS) is 28.9. The van der Waals surface area contributed by atoms with Gasteiger partial charge in [-0.2, -0.15) is 0 Å². The Morgan fingerprint density at radius 3 is 2.45 bits per heavy atom. The van der Waals surface area contributed by atoms with Gasteiger partial charge in [0.25, 0.3) is 0 Å². The van der Waals surface area contributed by atoms with Gasteiger partial charge in [-0.05, 0) is 27.7 Å². The van der Waals surface area contributed by atoms with Gasteiger partial charge in [0.05, 0.1) is 13.2 Å². The van der Waals surface area contributed by atoms with Gasteiger partial charge >= 0.3 is 0 Å². The summed E-state index contributed by atoms with van der Waals surface area (Å²) in [6.45, 7) is 11.9. The third-order valence-electron chi connectivity index (χ3n) is 2.23. The minimum atomic E-state index is 0. The summed E-state index contributed by atoms with van der Waals surface area (Å²) in [5.41, 5.74) is 0.295. The van der Waals surface area contributed by atoms with Crippen molar-refractivity contribution in [2.45, 2.75) is 39.3 Å². The molecule has 0 aromatic rings. The topological polar surface area (TPSA) is 12.5 Å². The first-order chi connectivity index (χ1) is 5.02. The highest BCUT2D eigenvalue weighted by molar-refractivity contribution is 4.82. The SMILES string of the molecule is C[C@@H]1COCCN1C(C)(C)C.[2HH]. The van der Waals surface area contributed by atoms with Crippen molar-refractivity contribution in [1.29, 1.82) is 0 Å². The molecular formula is C9H21NO. The van der Waals surface area contributed by atoms with Crippen LogP contribution in [0.5, 0.6) is 0 Å². The van der Waals surface area contributed by atoms with Crippen molar-refractivity contribution >= 4 is 0 Å². The molecule has 0 N–H and O–H groups in total. The fraction of sp³-hybridized carbons (Fsp3) is 1.00. The van der Waals surface area contributed by atoms with E-state index in [0.29, 0.717) is 11.6 Å². The van der Waals surface area contributed by atoms with Gasteiger partial charge in [-0.15, -0.1) is 0 Å². The van der Waals surface area contributed by atoms with Gasteiger partial charge in [-0.1, -0.05) is 0 Å². The van der Waals surface area contributed by atoms with Crippen molar-refractivity contribution in [2.75, 3.05) is 19.8 Å². The first-order valence-corrected chi connectivity index (χ1v) is 4.36. The molecule has 1 heterocycles. The van der Waals surface area contributed by atoms with Crippen LogP contribution in [0.15, 0.2) is 0 Å². The van der Waals surface area contributed by atoms with Crippen molar-refractivity contribution in [1.82, 2.24) is 4.90 Å². The minimum absolute atomic E-state index is 0. The highest BCUT2D eigenvalue weighted by atomic mass is 16.5. The highest BCUT2D eigenvalue weighted by Gasteiger charge is 2.28. The van der Waals surface area contributed by atoms with Crippen molar-refractivity contribution in [3.63, 3.8) is 0 Å². The number of nitrogens with zero attached hydrogens (tertiary/aromatic N) is 1. The van der Waals surface area contributed by atoms with E-state index in [0.717, 1.165) is 19.8 Å². The molecule has 0 amide bonds. The molecule has 0 unspecified atom stereocenters. The Morgan fingerprint density at radius 2 is 2.09 bits per heavy atom. The summed E-state index contributed by atoms with van der Waals surface area (Å²) in [6.07, 6.45) is 0. The minimum Gasteiger partial charge on any atom is -0.379 e. The molecule has 11 heavy (non-hydrogen) atoms. The summed E-state index contributed by atoms with van der Waals surface area (Å²) in [7, 11) is 0. The monoisotopic (exact) mass is 160 g/mol. The lowest BCUT2D eigenvalue weighted by Crippen LogP contribution is -2.53. The molecule has 1 atom stereocenters. The van der Waals surface area contributed by atoms with E-state index in [2.05, 4.69) is 32.6 Å². The average Bonchev–Trinajstić information content (AvgIpc) is 1.86. The van der Waals surface area contributed by atoms with E-state index in [-0.39, 0.29) is 1.43 Å². The van der Waals surface area contributed by atoms with E-state index in [1.165, 1.54) is 0 Å². The van der Waals surface area contributed by atoms with E-state index in [9.17, 15) is 0 Å². The van der Waals surface area contributed by atoms with Crippen LogP contribution in [0.2, 0.25) is 0 Å². The molecule has 0 aliphatic carbocycles. The van der Waals surface area contributed by atoms with Gasteiger partial charge in [0.2, 0.25) is 0 Å². The van der Waals surface area contributed by atoms with E-state index in [1.807, 2.05) is 0 Å². The summed E-state index contributed by atoms with van der Waals surface area (Å²) in [6, 6.07) is 0.573. The van der Waals surface area contributed by atoms with Crippen LogP contribution in [0, 0.1) is 0 Å². The third kappa shape index (κ3) is 2.17. The van der Waals surface area contributed by atoms with E-state index in [1.54, 1.807) is 0 Å². The Labute approximate surface area is 71.0 Å². The predicted molar refractivity (Wildman–Crippen MR) is 48.9 cm³/mol. The second-order valence-electron chi connectivity index (χ2n) is 4.29. The number of rotatable bonds is 0. The van der Waals surface area contributed by atoms with E-state index >= 15 is 0 Å². The average molecular weight is 160 g/mol. The second-order valence-corrected chi connectivity index (χ2v) is 4.29. The Morgan fingerprint density at radius 1 is 1.45 bits per heavy atom. The van der Waals surface area contributed by atoms with Crippen LogP contribution in [0.4, 0.5) is 0 Å². The fourth-order valence-corrected chi connectivity index (χ4v) is 1.72. The second kappa shape index (κ2) is 3.11. The maximum absolute atomic E-state index is 5.37. The van der Waals surface area contributed by atoms with Crippen LogP contribution in [0.1, 0.15) is 29.1 Å². The number of ether oxygens (including phenoxy) is 1. The maximum Gasteiger partial charge on any atom is 0.0620 e. The molecule has 2 heteroatoms. The quantitative estimate of drug-likeness (QED) is 0.535. The smallest absolute Gasteiger partial charge is 0.0620 e. The fourth-order valence-electron chi connectivity index (χ4n) is 1.72. The third-order valence-corrected chi connectivity index (χ3v) is 2.23. The van der Waals surface area contributed by atoms with Crippen molar-refractivity contribution in [3.05, 3.63) is 0 Å². The first-order valence-electron chi connectivity index (χ1n) is 4.36. The van der Waals surface area contributed by atoms with Crippen LogP contribution in [0.25, 0.3) is 0 Å². The molecule has 0 aromatic heterocycles. The molecule has 1 aliphatic heterocycles. The van der Waals surface area contributed by atoms with Crippen molar-refractivity contribution < 1.29 is 6.16 Å². The van der Waals surface area contributed by atoms with Gasteiger partial charge in [0.1, 0.15) is 0 Å². The van der Waals surface area contributed by atoms with Crippen LogP contribution in [-0.4, -0.2) is 36.2 Å². The molecular weight excluding hydrogens is 138 g/mol. The Hall–Kier alpha value is -0.0800. The maximum atomic E-state index is 5.37. The molecule has 1 saturated heterocycles. The van der Waals surface area contributed by atoms with E-state index < -0.39 is 0 Å². The predicted octanol–water partition coefficient (Wildman–Crippen LogP) is 1.75. The zero-order chi connectivity index (χ0) is 8.48. The molecule has 1 rings (SSSR count). The Bertz CT molecular complexity index is 133. The van der Waals surface area contributed by atoms with Gasteiger partial charge < -0.3 is 4.74 Å². The zero-order valence-corrected chi connectivity index (χ0v) is 8.05.